The molecule has 0 saturated heterocycles. The van der Waals surface area contributed by atoms with E-state index in [0.29, 0.717) is 36.2 Å². The van der Waals surface area contributed by atoms with E-state index in [9.17, 15) is 4.79 Å². The highest BCUT2D eigenvalue weighted by molar-refractivity contribution is 6.30. The van der Waals surface area contributed by atoms with Crippen molar-refractivity contribution < 1.29 is 19.2 Å². The van der Waals surface area contributed by atoms with Gasteiger partial charge in [0.15, 0.2) is 18.0 Å². The number of carbonyl (C=O) groups is 1. The van der Waals surface area contributed by atoms with Gasteiger partial charge in [0.05, 0.1) is 26.8 Å². The van der Waals surface area contributed by atoms with E-state index in [1.165, 1.54) is 0 Å². The number of rotatable bonds is 8. The van der Waals surface area contributed by atoms with Crippen LogP contribution in [0.5, 0.6) is 11.5 Å². The average Bonchev–Trinajstić information content (AvgIpc) is 2.59. The molecular formula is C19H24ClN2O3+. The molecule has 2 aromatic carbocycles. The van der Waals surface area contributed by atoms with Gasteiger partial charge in [-0.2, -0.15) is 0 Å². The molecule has 0 aliphatic rings. The van der Waals surface area contributed by atoms with Crippen LogP contribution in [0.4, 0.5) is 0 Å². The van der Waals surface area contributed by atoms with Crippen LogP contribution in [0.1, 0.15) is 11.1 Å². The molecule has 2 rings (SSSR count). The van der Waals surface area contributed by atoms with Crippen molar-refractivity contribution in [2.45, 2.75) is 13.1 Å². The SMILES string of the molecule is COc1cccc(C[NH+](C)CC(=O)NCc2cccc(Cl)c2)c1OC. The van der Waals surface area contributed by atoms with Crippen LogP contribution in [-0.2, 0) is 17.9 Å². The summed E-state index contributed by atoms with van der Waals surface area (Å²) < 4.78 is 10.8. The highest BCUT2D eigenvalue weighted by Crippen LogP contribution is 2.29. The molecule has 2 N–H and O–H groups in total. The predicted octanol–water partition coefficient (Wildman–Crippen LogP) is 1.69. The maximum absolute atomic E-state index is 12.2. The van der Waals surface area contributed by atoms with Gasteiger partial charge in [-0.25, -0.2) is 0 Å². The summed E-state index contributed by atoms with van der Waals surface area (Å²) in [6.45, 7) is 1.49. The molecule has 0 aliphatic carbocycles. The Morgan fingerprint density at radius 1 is 1.16 bits per heavy atom. The van der Waals surface area contributed by atoms with Crippen molar-refractivity contribution in [3.63, 3.8) is 0 Å². The van der Waals surface area contributed by atoms with Gasteiger partial charge >= 0.3 is 0 Å². The molecule has 0 radical (unpaired) electrons. The van der Waals surface area contributed by atoms with Gasteiger partial charge in [-0.05, 0) is 29.8 Å². The lowest BCUT2D eigenvalue weighted by atomic mass is 10.1. The van der Waals surface area contributed by atoms with Gasteiger partial charge in [0.2, 0.25) is 0 Å². The average molecular weight is 364 g/mol. The number of methoxy groups -OCH3 is 2. The van der Waals surface area contributed by atoms with Crippen molar-refractivity contribution in [3.05, 3.63) is 58.6 Å². The second kappa shape index (κ2) is 9.30. The van der Waals surface area contributed by atoms with Crippen LogP contribution in [0.25, 0.3) is 0 Å². The Morgan fingerprint density at radius 3 is 2.60 bits per heavy atom. The molecule has 0 saturated carbocycles. The molecule has 0 heterocycles. The number of benzene rings is 2. The predicted molar refractivity (Wildman–Crippen MR) is 98.3 cm³/mol. The topological polar surface area (TPSA) is 52.0 Å². The standard InChI is InChI=1S/C19H23ClN2O3/c1-22(12-15-7-5-9-17(24-2)19(15)25-3)13-18(23)21-11-14-6-4-8-16(20)10-14/h4-10H,11-13H2,1-3H3,(H,21,23)/p+1. The van der Waals surface area contributed by atoms with Crippen molar-refractivity contribution in [2.24, 2.45) is 0 Å². The van der Waals surface area contributed by atoms with E-state index in [4.69, 9.17) is 21.1 Å². The Balaban J connectivity index is 1.89. The first-order chi connectivity index (χ1) is 12.0. The van der Waals surface area contributed by atoms with Gasteiger partial charge in [-0.15, -0.1) is 0 Å². The fourth-order valence-corrected chi connectivity index (χ4v) is 2.88. The van der Waals surface area contributed by atoms with E-state index in [2.05, 4.69) is 5.32 Å². The largest absolute Gasteiger partial charge is 0.493 e. The normalized spacial score (nSPS) is 11.7. The van der Waals surface area contributed by atoms with Gasteiger partial charge in [0.25, 0.3) is 5.91 Å². The number of para-hydroxylation sites is 1. The lowest BCUT2D eigenvalue weighted by Gasteiger charge is -2.17. The van der Waals surface area contributed by atoms with Crippen LogP contribution in [0.3, 0.4) is 0 Å². The molecule has 1 atom stereocenters. The summed E-state index contributed by atoms with van der Waals surface area (Å²) in [5.41, 5.74) is 1.98. The number of halogens is 1. The fraction of sp³-hybridized carbons (Fsp3) is 0.316. The van der Waals surface area contributed by atoms with Crippen molar-refractivity contribution in [1.82, 2.24) is 5.32 Å². The third-order valence-electron chi connectivity index (χ3n) is 3.82. The summed E-state index contributed by atoms with van der Waals surface area (Å²) in [7, 11) is 5.20. The molecule has 0 fully saturated rings. The molecule has 134 valence electrons. The molecule has 2 aromatic rings. The zero-order valence-corrected chi connectivity index (χ0v) is 15.5. The number of hydrogen-bond donors (Lipinski definition) is 2. The van der Waals surface area contributed by atoms with E-state index in [0.717, 1.165) is 16.0 Å². The summed E-state index contributed by atoms with van der Waals surface area (Å²) >= 11 is 5.95. The summed E-state index contributed by atoms with van der Waals surface area (Å²) in [5.74, 6) is 1.39. The lowest BCUT2D eigenvalue weighted by molar-refractivity contribution is -0.885. The smallest absolute Gasteiger partial charge is 0.275 e. The Kier molecular flexibility index (Phi) is 7.10. The van der Waals surface area contributed by atoms with Crippen LogP contribution in [-0.4, -0.2) is 33.7 Å². The van der Waals surface area contributed by atoms with Crippen LogP contribution in [0, 0.1) is 0 Å². The molecule has 0 bridgehead atoms. The number of nitrogens with one attached hydrogen (secondary N) is 2. The summed E-state index contributed by atoms with van der Waals surface area (Å²) in [4.78, 5) is 13.2. The second-order valence-electron chi connectivity index (χ2n) is 5.87. The fourth-order valence-electron chi connectivity index (χ4n) is 2.66. The van der Waals surface area contributed by atoms with E-state index in [1.807, 2.05) is 49.5 Å². The number of likely N-dealkylation sites (N-methyl/N-ethyl adjacent to an activating group) is 1. The minimum absolute atomic E-state index is 0.0145. The van der Waals surface area contributed by atoms with Gasteiger partial charge in [0.1, 0.15) is 6.54 Å². The molecule has 5 nitrogen and oxygen atoms in total. The van der Waals surface area contributed by atoms with Gasteiger partial charge in [0, 0.05) is 11.6 Å². The zero-order valence-electron chi connectivity index (χ0n) is 14.8. The van der Waals surface area contributed by atoms with Gasteiger partial charge in [-0.3, -0.25) is 4.79 Å². The quantitative estimate of drug-likeness (QED) is 0.750. The number of carbonyl (C=O) groups excluding carboxylic acids is 1. The maximum atomic E-state index is 12.2. The Hall–Kier alpha value is -2.24. The molecule has 25 heavy (non-hydrogen) atoms. The van der Waals surface area contributed by atoms with E-state index >= 15 is 0 Å². The molecular weight excluding hydrogens is 340 g/mol. The zero-order chi connectivity index (χ0) is 18.2. The number of ether oxygens (including phenoxy) is 2. The third-order valence-corrected chi connectivity index (χ3v) is 4.05. The van der Waals surface area contributed by atoms with Crippen LogP contribution < -0.4 is 19.7 Å². The molecule has 0 spiro atoms. The number of hydrogen-bond acceptors (Lipinski definition) is 3. The summed E-state index contributed by atoms with van der Waals surface area (Å²) in [6, 6.07) is 13.2. The minimum atomic E-state index is -0.0145. The van der Waals surface area contributed by atoms with Crippen LogP contribution in [0.15, 0.2) is 42.5 Å². The molecule has 0 aromatic heterocycles. The first kappa shape index (κ1) is 19.1. The minimum Gasteiger partial charge on any atom is -0.493 e. The highest BCUT2D eigenvalue weighted by Gasteiger charge is 2.15. The second-order valence-corrected chi connectivity index (χ2v) is 6.31. The molecule has 6 heteroatoms. The Bertz CT molecular complexity index is 722. The third kappa shape index (κ3) is 5.66. The van der Waals surface area contributed by atoms with E-state index in [-0.39, 0.29) is 5.91 Å². The number of quaternary nitrogens is 1. The Morgan fingerprint density at radius 2 is 1.92 bits per heavy atom. The first-order valence-electron chi connectivity index (χ1n) is 8.05. The van der Waals surface area contributed by atoms with E-state index in [1.54, 1.807) is 14.2 Å². The van der Waals surface area contributed by atoms with Crippen molar-refractivity contribution in [1.29, 1.82) is 0 Å². The monoisotopic (exact) mass is 363 g/mol. The highest BCUT2D eigenvalue weighted by atomic mass is 35.5. The molecule has 0 aliphatic heterocycles. The lowest BCUT2D eigenvalue weighted by Crippen LogP contribution is -3.08. The van der Waals surface area contributed by atoms with Gasteiger partial charge in [-0.1, -0.05) is 29.8 Å². The molecule has 1 amide bonds. The maximum Gasteiger partial charge on any atom is 0.275 e. The van der Waals surface area contributed by atoms with Crippen molar-refractivity contribution >= 4 is 17.5 Å². The van der Waals surface area contributed by atoms with Gasteiger partial charge < -0.3 is 19.7 Å². The first-order valence-corrected chi connectivity index (χ1v) is 8.43. The summed E-state index contributed by atoms with van der Waals surface area (Å²) in [6.07, 6.45) is 0. The Labute approximate surface area is 153 Å². The van der Waals surface area contributed by atoms with E-state index < -0.39 is 0 Å². The van der Waals surface area contributed by atoms with Crippen molar-refractivity contribution in [2.75, 3.05) is 27.8 Å². The van der Waals surface area contributed by atoms with Crippen LogP contribution >= 0.6 is 11.6 Å². The van der Waals surface area contributed by atoms with Crippen LogP contribution in [0.2, 0.25) is 5.02 Å². The summed E-state index contributed by atoms with van der Waals surface area (Å²) in [5, 5.41) is 3.59. The molecule has 1 unspecified atom stereocenters. The number of amides is 1. The van der Waals surface area contributed by atoms with Crippen molar-refractivity contribution in [3.8, 4) is 11.5 Å².